The van der Waals surface area contributed by atoms with Gasteiger partial charge in [0.1, 0.15) is 0 Å². The van der Waals surface area contributed by atoms with Crippen LogP contribution in [0.1, 0.15) is 0 Å². The lowest BCUT2D eigenvalue weighted by atomic mass is 11.8. The standard InChI is InChI=1S/C2H8O2P2/c1-3-5-6-4-2/h5-6H,1-2H3. The van der Waals surface area contributed by atoms with Gasteiger partial charge < -0.3 is 9.05 Å². The topological polar surface area (TPSA) is 18.5 Å². The van der Waals surface area contributed by atoms with Crippen molar-refractivity contribution < 1.29 is 9.05 Å². The molecule has 4 heteroatoms. The summed E-state index contributed by atoms with van der Waals surface area (Å²) in [6.07, 6.45) is 0. The molecule has 0 aromatic rings. The molecule has 2 nitrogen and oxygen atoms in total. The fraction of sp³-hybridized carbons (Fsp3) is 1.00. The second-order valence-electron chi connectivity index (χ2n) is 0.612. The summed E-state index contributed by atoms with van der Waals surface area (Å²) >= 11 is 0. The molecule has 0 bridgehead atoms. The molecular weight excluding hydrogens is 118 g/mol. The van der Waals surface area contributed by atoms with E-state index in [0.29, 0.717) is 17.0 Å². The molecule has 0 aromatic carbocycles. The molecule has 0 aliphatic carbocycles. The van der Waals surface area contributed by atoms with Crippen LogP contribution in [0.2, 0.25) is 0 Å². The van der Waals surface area contributed by atoms with E-state index in [1.54, 1.807) is 14.2 Å². The fourth-order valence-corrected chi connectivity index (χ4v) is 0.750. The Labute approximate surface area is 41.2 Å². The Morgan fingerprint density at radius 2 is 1.33 bits per heavy atom. The molecular formula is C2H8O2P2. The van der Waals surface area contributed by atoms with Crippen molar-refractivity contribution >= 4 is 17.0 Å². The first kappa shape index (κ1) is 6.78. The monoisotopic (exact) mass is 126 g/mol. The van der Waals surface area contributed by atoms with Gasteiger partial charge in [-0.1, -0.05) is 0 Å². The largest absolute Gasteiger partial charge is 0.359 e. The van der Waals surface area contributed by atoms with Crippen molar-refractivity contribution in [3.05, 3.63) is 0 Å². The van der Waals surface area contributed by atoms with Crippen molar-refractivity contribution in [1.82, 2.24) is 0 Å². The first-order chi connectivity index (χ1) is 2.91. The van der Waals surface area contributed by atoms with Crippen molar-refractivity contribution in [2.24, 2.45) is 0 Å². The van der Waals surface area contributed by atoms with E-state index in [-0.39, 0.29) is 0 Å². The molecule has 0 aliphatic heterocycles. The summed E-state index contributed by atoms with van der Waals surface area (Å²) in [5.41, 5.74) is 0. The number of hydrogen-bond acceptors (Lipinski definition) is 2. The van der Waals surface area contributed by atoms with Gasteiger partial charge in [0.25, 0.3) is 0 Å². The zero-order valence-electron chi connectivity index (χ0n) is 3.82. The maximum absolute atomic E-state index is 4.70. The van der Waals surface area contributed by atoms with Gasteiger partial charge in [0, 0.05) is 14.2 Å². The molecule has 2 atom stereocenters. The predicted molar refractivity (Wildman–Crippen MR) is 30.6 cm³/mol. The highest BCUT2D eigenvalue weighted by Crippen LogP contribution is 2.36. The van der Waals surface area contributed by atoms with Crippen LogP contribution in [0, 0.1) is 0 Å². The SMILES string of the molecule is COPPOC. The molecule has 0 radical (unpaired) electrons. The molecule has 6 heavy (non-hydrogen) atoms. The Morgan fingerprint density at radius 3 is 1.50 bits per heavy atom. The zero-order valence-corrected chi connectivity index (χ0v) is 5.82. The quantitative estimate of drug-likeness (QED) is 0.420. The van der Waals surface area contributed by atoms with Gasteiger partial charge in [0.05, 0.1) is 17.0 Å². The molecule has 0 spiro atoms. The van der Waals surface area contributed by atoms with Crippen LogP contribution in [0.25, 0.3) is 0 Å². The zero-order chi connectivity index (χ0) is 4.83. The van der Waals surface area contributed by atoms with E-state index in [4.69, 9.17) is 9.05 Å². The van der Waals surface area contributed by atoms with E-state index < -0.39 is 0 Å². The Bertz CT molecular complexity index is 21.5. The lowest BCUT2D eigenvalue weighted by Gasteiger charge is -1.90. The summed E-state index contributed by atoms with van der Waals surface area (Å²) in [7, 11) is 4.38. The molecule has 0 saturated carbocycles. The van der Waals surface area contributed by atoms with Crippen molar-refractivity contribution in [2.75, 3.05) is 14.2 Å². The van der Waals surface area contributed by atoms with Gasteiger partial charge in [0.15, 0.2) is 0 Å². The normalized spacial score (nSPS) is 13.0. The van der Waals surface area contributed by atoms with Crippen molar-refractivity contribution in [2.45, 2.75) is 0 Å². The lowest BCUT2D eigenvalue weighted by Crippen LogP contribution is -1.53. The molecule has 0 saturated heterocycles. The molecule has 2 unspecified atom stereocenters. The van der Waals surface area contributed by atoms with Crippen LogP contribution in [0.15, 0.2) is 0 Å². The number of hydrogen-bond donors (Lipinski definition) is 0. The molecule has 38 valence electrons. The van der Waals surface area contributed by atoms with Gasteiger partial charge in [-0.3, -0.25) is 0 Å². The molecule has 0 aromatic heterocycles. The van der Waals surface area contributed by atoms with Crippen molar-refractivity contribution in [3.8, 4) is 0 Å². The van der Waals surface area contributed by atoms with Crippen LogP contribution in [-0.2, 0) is 9.05 Å². The average Bonchev–Trinajstić information content (AvgIpc) is 1.61. The van der Waals surface area contributed by atoms with Crippen LogP contribution in [0.4, 0.5) is 0 Å². The second-order valence-corrected chi connectivity index (χ2v) is 3.06. The minimum absolute atomic E-state index is 0.520. The third kappa shape index (κ3) is 4.78. The highest BCUT2D eigenvalue weighted by molar-refractivity contribution is 8.07. The molecule has 0 fully saturated rings. The van der Waals surface area contributed by atoms with Gasteiger partial charge in [-0.15, -0.1) is 0 Å². The summed E-state index contributed by atoms with van der Waals surface area (Å²) in [4.78, 5) is 0. The highest BCUT2D eigenvalue weighted by Gasteiger charge is 1.73. The Hall–Kier alpha value is 0.780. The lowest BCUT2D eigenvalue weighted by molar-refractivity contribution is 0.465. The van der Waals surface area contributed by atoms with Crippen LogP contribution >= 0.6 is 17.0 Å². The van der Waals surface area contributed by atoms with E-state index >= 15 is 0 Å². The van der Waals surface area contributed by atoms with Crippen molar-refractivity contribution in [3.63, 3.8) is 0 Å². The Balaban J connectivity index is 2.34. The second kappa shape index (κ2) is 5.78. The van der Waals surface area contributed by atoms with E-state index in [0.717, 1.165) is 0 Å². The fourth-order valence-electron chi connectivity index (χ4n) is 0.0833. The molecule has 0 rings (SSSR count). The minimum Gasteiger partial charge on any atom is -0.359 e. The molecule has 0 N–H and O–H groups in total. The maximum Gasteiger partial charge on any atom is 0.0636 e. The summed E-state index contributed by atoms with van der Waals surface area (Å²) < 4.78 is 9.39. The average molecular weight is 126 g/mol. The molecule has 0 amide bonds. The maximum atomic E-state index is 4.70. The third-order valence-corrected chi connectivity index (χ3v) is 2.21. The summed E-state index contributed by atoms with van der Waals surface area (Å²) in [5, 5.41) is 0. The third-order valence-electron chi connectivity index (χ3n) is 0.246. The van der Waals surface area contributed by atoms with Gasteiger partial charge >= 0.3 is 0 Å². The minimum atomic E-state index is 0.520. The number of rotatable bonds is 3. The van der Waals surface area contributed by atoms with E-state index in [9.17, 15) is 0 Å². The van der Waals surface area contributed by atoms with Crippen LogP contribution in [-0.4, -0.2) is 14.2 Å². The van der Waals surface area contributed by atoms with Crippen LogP contribution in [0.5, 0.6) is 0 Å². The summed E-state index contributed by atoms with van der Waals surface area (Å²) in [6.45, 7) is 0. The summed E-state index contributed by atoms with van der Waals surface area (Å²) in [5.74, 6) is 0. The van der Waals surface area contributed by atoms with Gasteiger partial charge in [-0.2, -0.15) is 0 Å². The van der Waals surface area contributed by atoms with E-state index in [1.165, 1.54) is 0 Å². The van der Waals surface area contributed by atoms with Gasteiger partial charge in [0.2, 0.25) is 0 Å². The van der Waals surface area contributed by atoms with Gasteiger partial charge in [-0.05, 0) is 0 Å². The van der Waals surface area contributed by atoms with Gasteiger partial charge in [-0.25, -0.2) is 0 Å². The molecule has 0 aliphatic rings. The van der Waals surface area contributed by atoms with E-state index in [1.807, 2.05) is 0 Å². The van der Waals surface area contributed by atoms with Crippen molar-refractivity contribution in [1.29, 1.82) is 0 Å². The Kier molecular flexibility index (Phi) is 6.53. The summed E-state index contributed by atoms with van der Waals surface area (Å²) in [6, 6.07) is 0. The van der Waals surface area contributed by atoms with E-state index in [2.05, 4.69) is 0 Å². The van der Waals surface area contributed by atoms with Crippen LogP contribution in [0.3, 0.4) is 0 Å². The first-order valence-electron chi connectivity index (χ1n) is 1.47. The smallest absolute Gasteiger partial charge is 0.0636 e. The predicted octanol–water partition coefficient (Wildman–Crippen LogP) is 1.38. The molecule has 0 heterocycles. The Morgan fingerprint density at radius 1 is 1.00 bits per heavy atom. The van der Waals surface area contributed by atoms with Crippen LogP contribution < -0.4 is 0 Å². The highest BCUT2D eigenvalue weighted by atomic mass is 32.0. The first-order valence-corrected chi connectivity index (χ1v) is 4.29.